The van der Waals surface area contributed by atoms with Crippen LogP contribution in [0.15, 0.2) is 48.5 Å². The first-order valence-electron chi connectivity index (χ1n) is 10.4. The number of carbonyl (C=O) groups excluding carboxylic acids is 2. The van der Waals surface area contributed by atoms with Crippen LogP contribution in [0.4, 0.5) is 5.69 Å². The third kappa shape index (κ3) is 5.12. The Labute approximate surface area is 178 Å². The minimum absolute atomic E-state index is 0.00383. The predicted octanol–water partition coefficient (Wildman–Crippen LogP) is 4.19. The van der Waals surface area contributed by atoms with Gasteiger partial charge >= 0.3 is 5.97 Å². The maximum absolute atomic E-state index is 12.9. The molecule has 1 heterocycles. The van der Waals surface area contributed by atoms with Crippen LogP contribution in [-0.2, 0) is 15.1 Å². The molecule has 2 aromatic rings. The number of para-hydroxylation sites is 1. The molecule has 1 amide bonds. The molecule has 160 valence electrons. The Morgan fingerprint density at radius 1 is 0.933 bits per heavy atom. The monoisotopic (exact) mass is 410 g/mol. The van der Waals surface area contributed by atoms with Gasteiger partial charge in [0.25, 0.3) is 5.91 Å². The van der Waals surface area contributed by atoms with Gasteiger partial charge in [0.15, 0.2) is 5.75 Å². The molecule has 1 aliphatic heterocycles. The summed E-state index contributed by atoms with van der Waals surface area (Å²) in [6.45, 7) is 11.3. The maximum atomic E-state index is 12.9. The molecule has 6 nitrogen and oxygen atoms in total. The Hall–Kier alpha value is -3.02. The molecule has 0 aromatic heterocycles. The number of nitrogens with zero attached hydrogens (tertiary/aromatic N) is 2. The Balaban J connectivity index is 1.60. The van der Waals surface area contributed by atoms with Crippen molar-refractivity contribution in [3.05, 3.63) is 59.7 Å². The van der Waals surface area contributed by atoms with Gasteiger partial charge in [-0.2, -0.15) is 0 Å². The van der Waals surface area contributed by atoms with E-state index in [4.69, 9.17) is 4.89 Å². The Morgan fingerprint density at radius 3 is 2.17 bits per heavy atom. The second-order valence-corrected chi connectivity index (χ2v) is 8.46. The fourth-order valence-corrected chi connectivity index (χ4v) is 3.52. The number of amides is 1. The highest BCUT2D eigenvalue weighted by Gasteiger charge is 2.26. The Bertz CT molecular complexity index is 879. The second kappa shape index (κ2) is 9.20. The molecule has 0 unspecified atom stereocenters. The van der Waals surface area contributed by atoms with Crippen LogP contribution in [0.25, 0.3) is 0 Å². The normalized spacial score (nSPS) is 14.4. The second-order valence-electron chi connectivity index (χ2n) is 8.46. The molecule has 0 spiro atoms. The van der Waals surface area contributed by atoms with Crippen molar-refractivity contribution in [1.82, 2.24) is 4.90 Å². The summed E-state index contributed by atoms with van der Waals surface area (Å²) in [5.74, 6) is -0.0612. The summed E-state index contributed by atoms with van der Waals surface area (Å²) in [7, 11) is 0. The van der Waals surface area contributed by atoms with Gasteiger partial charge in [0.2, 0.25) is 0 Å². The van der Waals surface area contributed by atoms with Crippen LogP contribution < -0.4 is 9.79 Å². The molecule has 0 N–H and O–H groups in total. The fraction of sp³-hybridized carbons (Fsp3) is 0.417. The highest BCUT2D eigenvalue weighted by molar-refractivity contribution is 5.94. The van der Waals surface area contributed by atoms with E-state index in [2.05, 4.69) is 54.8 Å². The molecule has 0 saturated carbocycles. The van der Waals surface area contributed by atoms with Crippen LogP contribution in [0.2, 0.25) is 0 Å². The number of rotatable bonds is 5. The van der Waals surface area contributed by atoms with Crippen molar-refractivity contribution in [2.24, 2.45) is 0 Å². The van der Waals surface area contributed by atoms with Gasteiger partial charge in [-0.25, -0.2) is 4.79 Å². The first-order chi connectivity index (χ1) is 14.3. The summed E-state index contributed by atoms with van der Waals surface area (Å²) in [6.07, 6.45) is 0.239. The summed E-state index contributed by atoms with van der Waals surface area (Å²) < 4.78 is 0. The highest BCUT2D eigenvalue weighted by Crippen LogP contribution is 2.32. The molecule has 30 heavy (non-hydrogen) atoms. The zero-order valence-electron chi connectivity index (χ0n) is 18.2. The topological polar surface area (TPSA) is 59.1 Å². The molecule has 1 saturated heterocycles. The molecule has 0 bridgehead atoms. The van der Waals surface area contributed by atoms with Gasteiger partial charge in [-0.05, 0) is 41.3 Å². The van der Waals surface area contributed by atoms with Crippen LogP contribution >= 0.6 is 0 Å². The molecule has 2 aromatic carbocycles. The van der Waals surface area contributed by atoms with Crippen LogP contribution in [0, 0.1) is 0 Å². The van der Waals surface area contributed by atoms with E-state index in [1.54, 1.807) is 31.2 Å². The quantitative estimate of drug-likeness (QED) is 0.546. The van der Waals surface area contributed by atoms with E-state index in [-0.39, 0.29) is 17.7 Å². The predicted molar refractivity (Wildman–Crippen MR) is 117 cm³/mol. The third-order valence-corrected chi connectivity index (χ3v) is 5.24. The van der Waals surface area contributed by atoms with E-state index in [0.717, 1.165) is 13.1 Å². The van der Waals surface area contributed by atoms with Crippen LogP contribution in [0.5, 0.6) is 5.75 Å². The molecular formula is C24H30N2O4. The number of anilines is 1. The molecule has 0 atom stereocenters. The third-order valence-electron chi connectivity index (χ3n) is 5.24. The van der Waals surface area contributed by atoms with E-state index in [9.17, 15) is 9.59 Å². The van der Waals surface area contributed by atoms with Crippen molar-refractivity contribution >= 4 is 17.6 Å². The summed E-state index contributed by atoms with van der Waals surface area (Å²) in [5, 5.41) is 0. The number of hydrogen-bond donors (Lipinski definition) is 0. The average Bonchev–Trinajstić information content (AvgIpc) is 2.77. The Kier molecular flexibility index (Phi) is 6.65. The summed E-state index contributed by atoms with van der Waals surface area (Å²) in [5.41, 5.74) is 3.23. The molecular weight excluding hydrogens is 380 g/mol. The molecule has 1 fully saturated rings. The van der Waals surface area contributed by atoms with E-state index >= 15 is 0 Å². The van der Waals surface area contributed by atoms with Crippen molar-refractivity contribution in [1.29, 1.82) is 0 Å². The number of hydrogen-bond acceptors (Lipinski definition) is 5. The lowest BCUT2D eigenvalue weighted by Gasteiger charge is -2.38. The Morgan fingerprint density at radius 2 is 1.57 bits per heavy atom. The molecule has 1 aliphatic rings. The van der Waals surface area contributed by atoms with Gasteiger partial charge in [0.05, 0.1) is 0 Å². The number of piperazine rings is 1. The molecule has 0 aliphatic carbocycles. The van der Waals surface area contributed by atoms with Crippen LogP contribution in [0.1, 0.15) is 50.0 Å². The van der Waals surface area contributed by atoms with Crippen molar-refractivity contribution in [2.45, 2.75) is 39.5 Å². The van der Waals surface area contributed by atoms with Gasteiger partial charge in [-0.3, -0.25) is 14.6 Å². The average molecular weight is 411 g/mol. The van der Waals surface area contributed by atoms with Crippen LogP contribution in [-0.4, -0.2) is 43.0 Å². The summed E-state index contributed by atoms with van der Waals surface area (Å²) >= 11 is 0. The minimum atomic E-state index is -0.443. The lowest BCUT2D eigenvalue weighted by molar-refractivity contribution is -0.213. The molecule has 6 heteroatoms. The van der Waals surface area contributed by atoms with Crippen molar-refractivity contribution in [3.63, 3.8) is 0 Å². The first-order valence-corrected chi connectivity index (χ1v) is 10.4. The van der Waals surface area contributed by atoms with Crippen LogP contribution in [0.3, 0.4) is 0 Å². The number of benzene rings is 2. The van der Waals surface area contributed by atoms with Gasteiger partial charge in [0, 0.05) is 43.9 Å². The van der Waals surface area contributed by atoms with E-state index in [1.165, 1.54) is 11.3 Å². The van der Waals surface area contributed by atoms with E-state index < -0.39 is 5.97 Å². The van der Waals surface area contributed by atoms with Gasteiger partial charge < -0.3 is 9.80 Å². The summed E-state index contributed by atoms with van der Waals surface area (Å²) in [4.78, 5) is 37.9. The standard InChI is InChI=1S/C24H30N2O4/c1-5-22(27)30-29-19-12-10-18(11-13-19)23(28)26-16-14-25(15-17-26)21-9-7-6-8-20(21)24(2,3)4/h6-13H,5,14-17H2,1-4H3. The lowest BCUT2D eigenvalue weighted by atomic mass is 9.85. The lowest BCUT2D eigenvalue weighted by Crippen LogP contribution is -2.49. The first kappa shape index (κ1) is 21.7. The smallest absolute Gasteiger partial charge is 0.355 e. The molecule has 0 radical (unpaired) electrons. The maximum Gasteiger partial charge on any atom is 0.355 e. The zero-order valence-corrected chi connectivity index (χ0v) is 18.2. The van der Waals surface area contributed by atoms with Gasteiger partial charge in [-0.1, -0.05) is 45.9 Å². The van der Waals surface area contributed by atoms with E-state index in [1.807, 2.05) is 4.90 Å². The highest BCUT2D eigenvalue weighted by atomic mass is 17.2. The number of carbonyl (C=O) groups is 2. The summed E-state index contributed by atoms with van der Waals surface area (Å²) in [6, 6.07) is 15.2. The largest absolute Gasteiger partial charge is 0.368 e. The van der Waals surface area contributed by atoms with Gasteiger partial charge in [-0.15, -0.1) is 0 Å². The van der Waals surface area contributed by atoms with E-state index in [0.29, 0.717) is 24.4 Å². The fourth-order valence-electron chi connectivity index (χ4n) is 3.52. The molecule has 3 rings (SSSR count). The van der Waals surface area contributed by atoms with Crippen molar-refractivity contribution in [3.8, 4) is 5.75 Å². The van der Waals surface area contributed by atoms with Crippen molar-refractivity contribution in [2.75, 3.05) is 31.1 Å². The SMILES string of the molecule is CCC(=O)OOc1ccc(C(=O)N2CCN(c3ccccc3C(C)(C)C)CC2)cc1. The zero-order chi connectivity index (χ0) is 21.7. The minimum Gasteiger partial charge on any atom is -0.368 e. The van der Waals surface area contributed by atoms with Gasteiger partial charge in [0.1, 0.15) is 0 Å². The van der Waals surface area contributed by atoms with Crippen molar-refractivity contribution < 1.29 is 19.4 Å².